The lowest BCUT2D eigenvalue weighted by Crippen LogP contribution is -2.05. The maximum Gasteiger partial charge on any atom is 0.416 e. The third-order valence-electron chi connectivity index (χ3n) is 2.88. The fourth-order valence-corrected chi connectivity index (χ4v) is 2.90. The standard InChI is InChI=1S/C14H8F4N2S/c15-9-1-2-12-11(6-9)20-13(21-12)7-3-8(14(16,17)18)5-10(19)4-7/h1-6H,19H2. The summed E-state index contributed by atoms with van der Waals surface area (Å²) in [4.78, 5) is 4.16. The zero-order valence-electron chi connectivity index (χ0n) is 10.4. The van der Waals surface area contributed by atoms with E-state index in [-0.39, 0.29) is 11.3 Å². The number of halogens is 4. The van der Waals surface area contributed by atoms with Gasteiger partial charge in [-0.3, -0.25) is 0 Å². The number of anilines is 1. The summed E-state index contributed by atoms with van der Waals surface area (Å²) in [5.74, 6) is -0.442. The number of nitrogen functional groups attached to an aromatic ring is 1. The van der Waals surface area contributed by atoms with E-state index in [1.807, 2.05) is 0 Å². The van der Waals surface area contributed by atoms with Gasteiger partial charge >= 0.3 is 6.18 Å². The molecule has 0 unspecified atom stereocenters. The van der Waals surface area contributed by atoms with Crippen molar-refractivity contribution < 1.29 is 17.6 Å². The SMILES string of the molecule is Nc1cc(-c2nc3cc(F)ccc3s2)cc(C(F)(F)F)c1. The zero-order valence-corrected chi connectivity index (χ0v) is 11.2. The number of rotatable bonds is 1. The smallest absolute Gasteiger partial charge is 0.399 e. The molecule has 3 aromatic rings. The number of nitrogens with zero attached hydrogens (tertiary/aromatic N) is 1. The van der Waals surface area contributed by atoms with Crippen LogP contribution in [0.25, 0.3) is 20.8 Å². The summed E-state index contributed by atoms with van der Waals surface area (Å²) in [7, 11) is 0. The van der Waals surface area contributed by atoms with Crippen LogP contribution in [0.4, 0.5) is 23.2 Å². The lowest BCUT2D eigenvalue weighted by atomic mass is 10.1. The second-order valence-electron chi connectivity index (χ2n) is 4.47. The summed E-state index contributed by atoms with van der Waals surface area (Å²) in [5.41, 5.74) is 5.38. The number of hydrogen-bond acceptors (Lipinski definition) is 3. The Bertz CT molecular complexity index is 823. The first-order valence-electron chi connectivity index (χ1n) is 5.87. The Labute approximate surface area is 120 Å². The Morgan fingerprint density at radius 2 is 1.81 bits per heavy atom. The van der Waals surface area contributed by atoms with Crippen molar-refractivity contribution in [1.29, 1.82) is 0 Å². The van der Waals surface area contributed by atoms with Crippen molar-refractivity contribution in [2.24, 2.45) is 0 Å². The van der Waals surface area contributed by atoms with Crippen LogP contribution in [-0.2, 0) is 6.18 Å². The first-order chi connectivity index (χ1) is 9.83. The highest BCUT2D eigenvalue weighted by molar-refractivity contribution is 7.21. The van der Waals surface area contributed by atoms with E-state index in [0.29, 0.717) is 15.2 Å². The molecular formula is C14H8F4N2S. The van der Waals surface area contributed by atoms with Crippen molar-refractivity contribution in [2.45, 2.75) is 6.18 Å². The van der Waals surface area contributed by atoms with Gasteiger partial charge in [-0.2, -0.15) is 13.2 Å². The fourth-order valence-electron chi connectivity index (χ4n) is 1.96. The van der Waals surface area contributed by atoms with Crippen LogP contribution in [0.3, 0.4) is 0 Å². The van der Waals surface area contributed by atoms with Gasteiger partial charge in [-0.1, -0.05) is 0 Å². The van der Waals surface area contributed by atoms with E-state index in [1.165, 1.54) is 29.5 Å². The van der Waals surface area contributed by atoms with E-state index >= 15 is 0 Å². The van der Waals surface area contributed by atoms with E-state index in [4.69, 9.17) is 5.73 Å². The maximum atomic E-state index is 13.1. The third kappa shape index (κ3) is 2.69. The van der Waals surface area contributed by atoms with E-state index in [9.17, 15) is 17.6 Å². The molecule has 0 radical (unpaired) electrons. The van der Waals surface area contributed by atoms with Crippen molar-refractivity contribution in [1.82, 2.24) is 4.98 Å². The highest BCUT2D eigenvalue weighted by atomic mass is 32.1. The van der Waals surface area contributed by atoms with Crippen LogP contribution in [-0.4, -0.2) is 4.98 Å². The number of hydrogen-bond donors (Lipinski definition) is 1. The van der Waals surface area contributed by atoms with Gasteiger partial charge in [-0.15, -0.1) is 11.3 Å². The average molecular weight is 312 g/mol. The first kappa shape index (κ1) is 13.8. The van der Waals surface area contributed by atoms with Crippen molar-refractivity contribution in [2.75, 3.05) is 5.73 Å². The topological polar surface area (TPSA) is 38.9 Å². The second-order valence-corrected chi connectivity index (χ2v) is 5.50. The highest BCUT2D eigenvalue weighted by Crippen LogP contribution is 2.36. The summed E-state index contributed by atoms with van der Waals surface area (Å²) in [6, 6.07) is 7.35. The normalized spacial score (nSPS) is 12.0. The van der Waals surface area contributed by atoms with Crippen molar-refractivity contribution >= 4 is 27.2 Å². The molecule has 0 saturated carbocycles. The van der Waals surface area contributed by atoms with Gasteiger partial charge in [0.2, 0.25) is 0 Å². The largest absolute Gasteiger partial charge is 0.416 e. The molecule has 108 valence electrons. The minimum Gasteiger partial charge on any atom is -0.399 e. The minimum absolute atomic E-state index is 0.00487. The summed E-state index contributed by atoms with van der Waals surface area (Å²) >= 11 is 1.19. The van der Waals surface area contributed by atoms with Gasteiger partial charge in [-0.25, -0.2) is 9.37 Å². The Morgan fingerprint density at radius 3 is 2.52 bits per heavy atom. The second kappa shape index (κ2) is 4.70. The number of aromatic nitrogens is 1. The number of fused-ring (bicyclic) bond motifs is 1. The van der Waals surface area contributed by atoms with Gasteiger partial charge in [-0.05, 0) is 30.3 Å². The molecule has 0 aliphatic rings. The lowest BCUT2D eigenvalue weighted by molar-refractivity contribution is -0.137. The molecule has 0 fully saturated rings. The van der Waals surface area contributed by atoms with Crippen LogP contribution in [0.1, 0.15) is 5.56 Å². The Kier molecular flexibility index (Phi) is 3.09. The summed E-state index contributed by atoms with van der Waals surface area (Å²) < 4.78 is 52.2. The molecule has 3 rings (SSSR count). The van der Waals surface area contributed by atoms with Crippen LogP contribution < -0.4 is 5.73 Å². The molecule has 0 aliphatic carbocycles. The van der Waals surface area contributed by atoms with Gasteiger partial charge in [0.1, 0.15) is 10.8 Å². The monoisotopic (exact) mass is 312 g/mol. The predicted octanol–water partition coefficient (Wildman–Crippen LogP) is 4.70. The van der Waals surface area contributed by atoms with E-state index < -0.39 is 17.6 Å². The fraction of sp³-hybridized carbons (Fsp3) is 0.0714. The number of nitrogens with two attached hydrogens (primary N) is 1. The molecule has 2 nitrogen and oxygen atoms in total. The van der Waals surface area contributed by atoms with Gasteiger partial charge in [0.15, 0.2) is 0 Å². The summed E-state index contributed by atoms with van der Waals surface area (Å²) in [6.07, 6.45) is -4.48. The van der Waals surface area contributed by atoms with Crippen LogP contribution in [0, 0.1) is 5.82 Å². The average Bonchev–Trinajstić information content (AvgIpc) is 2.80. The van der Waals surface area contributed by atoms with Crippen molar-refractivity contribution in [3.05, 3.63) is 47.8 Å². The maximum absolute atomic E-state index is 13.1. The molecule has 2 aromatic carbocycles. The molecule has 1 aromatic heterocycles. The molecule has 0 amide bonds. The molecule has 7 heteroatoms. The molecule has 0 atom stereocenters. The molecule has 1 heterocycles. The molecule has 0 saturated heterocycles. The van der Waals surface area contributed by atoms with Crippen molar-refractivity contribution in [3.63, 3.8) is 0 Å². The van der Waals surface area contributed by atoms with E-state index in [0.717, 1.165) is 12.1 Å². The highest BCUT2D eigenvalue weighted by Gasteiger charge is 2.31. The van der Waals surface area contributed by atoms with Gasteiger partial charge in [0.05, 0.1) is 15.8 Å². The predicted molar refractivity (Wildman–Crippen MR) is 74.4 cm³/mol. The van der Waals surface area contributed by atoms with Gasteiger partial charge in [0.25, 0.3) is 0 Å². The minimum atomic E-state index is -4.48. The van der Waals surface area contributed by atoms with Crippen LogP contribution in [0.5, 0.6) is 0 Å². The molecule has 0 aliphatic heterocycles. The number of benzene rings is 2. The van der Waals surface area contributed by atoms with Crippen LogP contribution in [0.15, 0.2) is 36.4 Å². The van der Waals surface area contributed by atoms with Crippen molar-refractivity contribution in [3.8, 4) is 10.6 Å². The lowest BCUT2D eigenvalue weighted by Gasteiger charge is -2.09. The van der Waals surface area contributed by atoms with Gasteiger partial charge < -0.3 is 5.73 Å². The summed E-state index contributed by atoms with van der Waals surface area (Å²) in [5, 5.41) is 0.369. The third-order valence-corrected chi connectivity index (χ3v) is 3.96. The molecule has 0 bridgehead atoms. The van der Waals surface area contributed by atoms with E-state index in [1.54, 1.807) is 6.07 Å². The summed E-state index contributed by atoms with van der Waals surface area (Å²) in [6.45, 7) is 0. The molecule has 0 spiro atoms. The quantitative estimate of drug-likeness (QED) is 0.522. The first-order valence-corrected chi connectivity index (χ1v) is 6.69. The van der Waals surface area contributed by atoms with Crippen LogP contribution in [0.2, 0.25) is 0 Å². The van der Waals surface area contributed by atoms with E-state index in [2.05, 4.69) is 4.98 Å². The molecular weight excluding hydrogens is 304 g/mol. The van der Waals surface area contributed by atoms with Crippen LogP contribution >= 0.6 is 11.3 Å². The Morgan fingerprint density at radius 1 is 1.05 bits per heavy atom. The molecule has 21 heavy (non-hydrogen) atoms. The Balaban J connectivity index is 2.16. The van der Waals surface area contributed by atoms with Gasteiger partial charge in [0, 0.05) is 17.3 Å². The number of thiazole rings is 1. The Hall–Kier alpha value is -2.15. The number of alkyl halides is 3. The molecule has 2 N–H and O–H groups in total. The zero-order chi connectivity index (χ0) is 15.2.